The topological polar surface area (TPSA) is 55.4 Å². The number of amides is 1. The third-order valence-electron chi connectivity index (χ3n) is 2.20. The molecule has 0 aliphatic heterocycles. The van der Waals surface area contributed by atoms with Crippen LogP contribution < -0.4 is 5.32 Å². The average Bonchev–Trinajstić information content (AvgIpc) is 2.30. The lowest BCUT2D eigenvalue weighted by molar-refractivity contribution is -0.116. The second kappa shape index (κ2) is 5.84. The zero-order valence-corrected chi connectivity index (χ0v) is 10.1. The van der Waals surface area contributed by atoms with E-state index in [1.165, 1.54) is 14.0 Å². The highest BCUT2D eigenvalue weighted by atomic mass is 16.5. The van der Waals surface area contributed by atoms with Crippen LogP contribution in [-0.4, -0.2) is 18.8 Å². The van der Waals surface area contributed by atoms with Crippen molar-refractivity contribution in [2.45, 2.75) is 13.8 Å². The Morgan fingerprint density at radius 1 is 1.12 bits per heavy atom. The highest BCUT2D eigenvalue weighted by molar-refractivity contribution is 5.97. The zero-order chi connectivity index (χ0) is 12.8. The summed E-state index contributed by atoms with van der Waals surface area (Å²) in [6.45, 7) is 3.01. The number of rotatable bonds is 4. The summed E-state index contributed by atoms with van der Waals surface area (Å²) in [5, 5.41) is 2.62. The van der Waals surface area contributed by atoms with Gasteiger partial charge in [0.15, 0.2) is 11.5 Å². The van der Waals surface area contributed by atoms with Gasteiger partial charge in [-0.15, -0.1) is 0 Å². The number of hydrogen-bond acceptors (Lipinski definition) is 3. The molecule has 0 atom stereocenters. The van der Waals surface area contributed by atoms with Gasteiger partial charge in [0.1, 0.15) is 0 Å². The van der Waals surface area contributed by atoms with E-state index in [9.17, 15) is 9.59 Å². The molecule has 4 heteroatoms. The number of carbonyl (C=O) groups excluding carboxylic acids is 2. The van der Waals surface area contributed by atoms with Crippen molar-refractivity contribution in [2.24, 2.45) is 0 Å². The number of Topliss-reactive ketones (excluding diaryl/α,β-unsaturated/α-hetero) is 1. The summed E-state index contributed by atoms with van der Waals surface area (Å²) in [6.07, 6.45) is 0. The summed E-state index contributed by atoms with van der Waals surface area (Å²) in [4.78, 5) is 23.0. The van der Waals surface area contributed by atoms with E-state index in [0.717, 1.165) is 0 Å². The van der Waals surface area contributed by atoms with Crippen LogP contribution in [0.5, 0.6) is 0 Å². The maximum Gasteiger partial charge on any atom is 0.255 e. The second-order valence-electron chi connectivity index (χ2n) is 3.53. The molecule has 1 aromatic rings. The Labute approximate surface area is 100 Å². The van der Waals surface area contributed by atoms with Crippen LogP contribution in [0.1, 0.15) is 24.2 Å². The normalized spacial score (nSPS) is 11.5. The number of carbonyl (C=O) groups is 2. The number of ether oxygens (including phenoxy) is 1. The van der Waals surface area contributed by atoms with E-state index < -0.39 is 0 Å². The molecule has 0 aliphatic rings. The number of ketones is 1. The molecule has 0 heterocycles. The van der Waals surface area contributed by atoms with Crippen molar-refractivity contribution in [3.63, 3.8) is 0 Å². The summed E-state index contributed by atoms with van der Waals surface area (Å²) >= 11 is 0. The SMILES string of the molecule is CO/C(C(C)=O)=C(\C)NC(=O)c1ccccc1. The first-order valence-corrected chi connectivity index (χ1v) is 5.18. The fourth-order valence-electron chi connectivity index (χ4n) is 1.45. The predicted molar refractivity (Wildman–Crippen MR) is 64.3 cm³/mol. The van der Waals surface area contributed by atoms with Gasteiger partial charge in [-0.3, -0.25) is 9.59 Å². The lowest BCUT2D eigenvalue weighted by Crippen LogP contribution is -2.24. The van der Waals surface area contributed by atoms with E-state index in [4.69, 9.17) is 4.74 Å². The maximum absolute atomic E-state index is 11.8. The van der Waals surface area contributed by atoms with E-state index in [1.807, 2.05) is 6.07 Å². The first kappa shape index (κ1) is 13.0. The van der Waals surface area contributed by atoms with E-state index >= 15 is 0 Å². The van der Waals surface area contributed by atoms with Gasteiger partial charge in [-0.2, -0.15) is 0 Å². The standard InChI is InChI=1S/C13H15NO3/c1-9(12(17-3)10(2)15)14-13(16)11-7-5-4-6-8-11/h4-8H,1-3H3,(H,14,16)/b12-9+. The summed E-state index contributed by atoms with van der Waals surface area (Å²) in [6, 6.07) is 8.77. The Morgan fingerprint density at radius 2 is 1.71 bits per heavy atom. The molecule has 1 amide bonds. The lowest BCUT2D eigenvalue weighted by atomic mass is 10.2. The highest BCUT2D eigenvalue weighted by Gasteiger charge is 2.11. The lowest BCUT2D eigenvalue weighted by Gasteiger charge is -2.09. The summed E-state index contributed by atoms with van der Waals surface area (Å²) in [5.74, 6) is -0.327. The molecule has 0 aliphatic carbocycles. The first-order chi connectivity index (χ1) is 8.06. The van der Waals surface area contributed by atoms with Crippen LogP contribution in [0.3, 0.4) is 0 Å². The molecule has 1 aromatic carbocycles. The number of allylic oxidation sites excluding steroid dienone is 2. The number of benzene rings is 1. The molecule has 0 spiro atoms. The van der Waals surface area contributed by atoms with Crippen molar-refractivity contribution in [3.05, 3.63) is 47.4 Å². The van der Waals surface area contributed by atoms with E-state index in [-0.39, 0.29) is 17.4 Å². The minimum Gasteiger partial charge on any atom is -0.491 e. The van der Waals surface area contributed by atoms with Crippen molar-refractivity contribution >= 4 is 11.7 Å². The molecule has 4 nitrogen and oxygen atoms in total. The molecule has 0 saturated carbocycles. The third kappa shape index (κ3) is 3.45. The maximum atomic E-state index is 11.8. The molecule has 0 bridgehead atoms. The average molecular weight is 233 g/mol. The number of hydrogen-bond donors (Lipinski definition) is 1. The summed E-state index contributed by atoms with van der Waals surface area (Å²) in [5.41, 5.74) is 0.944. The molecule has 0 fully saturated rings. The Morgan fingerprint density at radius 3 is 2.18 bits per heavy atom. The fraction of sp³-hybridized carbons (Fsp3) is 0.231. The van der Waals surface area contributed by atoms with E-state index in [2.05, 4.69) is 5.32 Å². The highest BCUT2D eigenvalue weighted by Crippen LogP contribution is 2.05. The van der Waals surface area contributed by atoms with E-state index in [1.54, 1.807) is 31.2 Å². The van der Waals surface area contributed by atoms with Gasteiger partial charge in [0, 0.05) is 12.5 Å². The van der Waals surface area contributed by atoms with Gasteiger partial charge in [0.2, 0.25) is 0 Å². The molecule has 1 N–H and O–H groups in total. The summed E-state index contributed by atoms with van der Waals surface area (Å²) in [7, 11) is 1.40. The van der Waals surface area contributed by atoms with Crippen molar-refractivity contribution in [1.82, 2.24) is 5.32 Å². The van der Waals surface area contributed by atoms with E-state index in [0.29, 0.717) is 11.3 Å². The van der Waals surface area contributed by atoms with Gasteiger partial charge in [-0.25, -0.2) is 0 Å². The van der Waals surface area contributed by atoms with Crippen LogP contribution in [0.15, 0.2) is 41.8 Å². The summed E-state index contributed by atoms with van der Waals surface area (Å²) < 4.78 is 4.93. The van der Waals surface area contributed by atoms with Crippen LogP contribution in [0, 0.1) is 0 Å². The Balaban J connectivity index is 2.86. The van der Waals surface area contributed by atoms with Crippen molar-refractivity contribution in [3.8, 4) is 0 Å². The van der Waals surface area contributed by atoms with Gasteiger partial charge in [-0.05, 0) is 19.1 Å². The van der Waals surface area contributed by atoms with Crippen molar-refractivity contribution in [1.29, 1.82) is 0 Å². The second-order valence-corrected chi connectivity index (χ2v) is 3.53. The predicted octanol–water partition coefficient (Wildman–Crippen LogP) is 1.88. The van der Waals surface area contributed by atoms with Crippen LogP contribution in [0.2, 0.25) is 0 Å². The van der Waals surface area contributed by atoms with Crippen LogP contribution in [-0.2, 0) is 9.53 Å². The fourth-order valence-corrected chi connectivity index (χ4v) is 1.45. The molecule has 17 heavy (non-hydrogen) atoms. The monoisotopic (exact) mass is 233 g/mol. The Kier molecular flexibility index (Phi) is 4.46. The van der Waals surface area contributed by atoms with Crippen molar-refractivity contribution in [2.75, 3.05) is 7.11 Å². The third-order valence-corrected chi connectivity index (χ3v) is 2.20. The number of nitrogens with one attached hydrogen (secondary N) is 1. The quantitative estimate of drug-likeness (QED) is 0.638. The molecular weight excluding hydrogens is 218 g/mol. The van der Waals surface area contributed by atoms with Gasteiger partial charge in [-0.1, -0.05) is 18.2 Å². The number of methoxy groups -OCH3 is 1. The largest absolute Gasteiger partial charge is 0.491 e. The van der Waals surface area contributed by atoms with Gasteiger partial charge >= 0.3 is 0 Å². The molecule has 0 unspecified atom stereocenters. The van der Waals surface area contributed by atoms with Gasteiger partial charge in [0.05, 0.1) is 12.8 Å². The molecule has 0 aromatic heterocycles. The molecule has 0 radical (unpaired) electrons. The zero-order valence-electron chi connectivity index (χ0n) is 10.1. The Hall–Kier alpha value is -2.10. The minimum atomic E-state index is -0.265. The molecule has 0 saturated heterocycles. The van der Waals surface area contributed by atoms with Crippen LogP contribution in [0.4, 0.5) is 0 Å². The minimum absolute atomic E-state index is 0.161. The smallest absolute Gasteiger partial charge is 0.255 e. The van der Waals surface area contributed by atoms with Gasteiger partial charge < -0.3 is 10.1 Å². The van der Waals surface area contributed by atoms with Gasteiger partial charge in [0.25, 0.3) is 5.91 Å². The molecule has 1 rings (SSSR count). The molecular formula is C13H15NO3. The van der Waals surface area contributed by atoms with Crippen LogP contribution in [0.25, 0.3) is 0 Å². The molecule has 90 valence electrons. The van der Waals surface area contributed by atoms with Crippen LogP contribution >= 0.6 is 0 Å². The van der Waals surface area contributed by atoms with Crippen molar-refractivity contribution < 1.29 is 14.3 Å². The first-order valence-electron chi connectivity index (χ1n) is 5.18. The Bertz CT molecular complexity index is 449.